The molecule has 3 rings (SSSR count). The van der Waals surface area contributed by atoms with Gasteiger partial charge >= 0.3 is 0 Å². The molecule has 9 nitrogen and oxygen atoms in total. The number of nitro groups is 1. The summed E-state index contributed by atoms with van der Waals surface area (Å²) in [5, 5.41) is 16.5. The van der Waals surface area contributed by atoms with Gasteiger partial charge in [-0.2, -0.15) is 5.01 Å². The molecule has 1 heterocycles. The Balaban J connectivity index is 2.03. The van der Waals surface area contributed by atoms with Crippen molar-refractivity contribution in [2.24, 2.45) is 5.10 Å². The second-order valence-electron chi connectivity index (χ2n) is 5.78. The number of nitro benzene ring substituents is 1. The highest BCUT2D eigenvalue weighted by molar-refractivity contribution is 9.10. The van der Waals surface area contributed by atoms with Crippen molar-refractivity contribution in [3.8, 4) is 11.5 Å². The first-order valence-electron chi connectivity index (χ1n) is 8.07. The second-order valence-corrected chi connectivity index (χ2v) is 6.63. The number of hydrogen-bond donors (Lipinski definition) is 0. The van der Waals surface area contributed by atoms with Crippen molar-refractivity contribution in [1.29, 1.82) is 0 Å². The Bertz CT molecular complexity index is 978. The zero-order chi connectivity index (χ0) is 20.4. The SMILES string of the molecule is COc1cc(OC)c(C2=NN(C(C)=O)[C@H](c3cccc([N+](=O)[O-])c3)O2)cc1Br. The molecule has 1 atom stereocenters. The smallest absolute Gasteiger partial charge is 0.269 e. The lowest BCUT2D eigenvalue weighted by Gasteiger charge is -2.19. The molecule has 0 N–H and O–H groups in total. The summed E-state index contributed by atoms with van der Waals surface area (Å²) >= 11 is 3.40. The molecule has 0 aromatic heterocycles. The van der Waals surface area contributed by atoms with Crippen LogP contribution in [0.5, 0.6) is 11.5 Å². The molecule has 0 spiro atoms. The highest BCUT2D eigenvalue weighted by Crippen LogP contribution is 2.37. The number of carbonyl (C=O) groups excluding carboxylic acids is 1. The average Bonchev–Trinajstić information content (AvgIpc) is 3.13. The van der Waals surface area contributed by atoms with Crippen LogP contribution in [0.3, 0.4) is 0 Å². The maximum atomic E-state index is 12.1. The number of halogens is 1. The maximum Gasteiger partial charge on any atom is 0.269 e. The van der Waals surface area contributed by atoms with E-state index in [1.807, 2.05) is 0 Å². The minimum atomic E-state index is -0.932. The summed E-state index contributed by atoms with van der Waals surface area (Å²) in [6.07, 6.45) is -0.932. The fourth-order valence-corrected chi connectivity index (χ4v) is 3.22. The summed E-state index contributed by atoms with van der Waals surface area (Å²) < 4.78 is 17.2. The third-order valence-electron chi connectivity index (χ3n) is 4.04. The van der Waals surface area contributed by atoms with Gasteiger partial charge in [0.15, 0.2) is 0 Å². The summed E-state index contributed by atoms with van der Waals surface area (Å²) in [5.74, 6) is 0.754. The number of hydrazone groups is 1. The highest BCUT2D eigenvalue weighted by Gasteiger charge is 2.35. The molecule has 2 aromatic carbocycles. The van der Waals surface area contributed by atoms with Crippen molar-refractivity contribution in [3.63, 3.8) is 0 Å². The predicted octanol–water partition coefficient (Wildman–Crippen LogP) is 3.61. The number of hydrogen-bond acceptors (Lipinski definition) is 7. The van der Waals surface area contributed by atoms with Crippen LogP contribution in [0.25, 0.3) is 0 Å². The zero-order valence-electron chi connectivity index (χ0n) is 15.2. The monoisotopic (exact) mass is 449 g/mol. The van der Waals surface area contributed by atoms with Gasteiger partial charge in [0.25, 0.3) is 5.69 Å². The molecule has 1 amide bonds. The van der Waals surface area contributed by atoms with Crippen molar-refractivity contribution in [1.82, 2.24) is 5.01 Å². The summed E-state index contributed by atoms with van der Waals surface area (Å²) in [4.78, 5) is 22.7. The third kappa shape index (κ3) is 3.63. The van der Waals surface area contributed by atoms with E-state index in [2.05, 4.69) is 21.0 Å². The fraction of sp³-hybridized carbons (Fsp3) is 0.222. The number of amides is 1. The first kappa shape index (κ1) is 19.6. The number of carbonyl (C=O) groups is 1. The summed E-state index contributed by atoms with van der Waals surface area (Å²) in [5.41, 5.74) is 0.812. The quantitative estimate of drug-likeness (QED) is 0.509. The Kier molecular flexibility index (Phi) is 5.50. The van der Waals surface area contributed by atoms with Gasteiger partial charge < -0.3 is 14.2 Å². The minimum Gasteiger partial charge on any atom is -0.496 e. The van der Waals surface area contributed by atoms with E-state index in [0.717, 1.165) is 5.01 Å². The van der Waals surface area contributed by atoms with E-state index >= 15 is 0 Å². The van der Waals surface area contributed by atoms with E-state index in [-0.39, 0.29) is 17.5 Å². The second kappa shape index (κ2) is 7.85. The largest absolute Gasteiger partial charge is 0.496 e. The molecule has 0 radical (unpaired) electrons. The van der Waals surface area contributed by atoms with E-state index < -0.39 is 11.2 Å². The van der Waals surface area contributed by atoms with Crippen LogP contribution in [0, 0.1) is 10.1 Å². The van der Waals surface area contributed by atoms with E-state index in [4.69, 9.17) is 14.2 Å². The van der Waals surface area contributed by atoms with Gasteiger partial charge in [0.1, 0.15) is 11.5 Å². The van der Waals surface area contributed by atoms with Crippen molar-refractivity contribution >= 4 is 33.4 Å². The molecule has 28 heavy (non-hydrogen) atoms. The van der Waals surface area contributed by atoms with Crippen molar-refractivity contribution in [2.75, 3.05) is 14.2 Å². The Morgan fingerprint density at radius 1 is 1.25 bits per heavy atom. The minimum absolute atomic E-state index is 0.108. The van der Waals surface area contributed by atoms with Crippen LogP contribution in [0.4, 0.5) is 5.69 Å². The highest BCUT2D eigenvalue weighted by atomic mass is 79.9. The van der Waals surface area contributed by atoms with E-state index in [9.17, 15) is 14.9 Å². The van der Waals surface area contributed by atoms with Gasteiger partial charge in [-0.05, 0) is 22.0 Å². The first-order valence-corrected chi connectivity index (χ1v) is 8.86. The Hall–Kier alpha value is -3.14. The van der Waals surface area contributed by atoms with E-state index in [1.165, 1.54) is 39.3 Å². The molecule has 0 bridgehead atoms. The van der Waals surface area contributed by atoms with Crippen molar-refractivity contribution in [3.05, 3.63) is 62.1 Å². The molecule has 0 unspecified atom stereocenters. The van der Waals surface area contributed by atoms with Crippen molar-refractivity contribution in [2.45, 2.75) is 13.2 Å². The van der Waals surface area contributed by atoms with Gasteiger partial charge in [-0.3, -0.25) is 14.9 Å². The van der Waals surface area contributed by atoms with Crippen LogP contribution in [-0.4, -0.2) is 36.0 Å². The van der Waals surface area contributed by atoms with Crippen LogP contribution in [0.15, 0.2) is 46.0 Å². The lowest BCUT2D eigenvalue weighted by atomic mass is 10.1. The summed E-state index contributed by atoms with van der Waals surface area (Å²) in [6, 6.07) is 9.22. The fourth-order valence-electron chi connectivity index (χ4n) is 2.71. The Morgan fingerprint density at radius 2 is 1.96 bits per heavy atom. The molecule has 0 saturated carbocycles. The Labute approximate surface area is 168 Å². The Morgan fingerprint density at radius 3 is 2.57 bits per heavy atom. The van der Waals surface area contributed by atoms with E-state index in [0.29, 0.717) is 27.1 Å². The average molecular weight is 450 g/mol. The molecule has 1 aliphatic rings. The van der Waals surface area contributed by atoms with Gasteiger partial charge in [0.05, 0.1) is 29.2 Å². The number of benzene rings is 2. The molecule has 0 saturated heterocycles. The van der Waals surface area contributed by atoms with E-state index in [1.54, 1.807) is 18.2 Å². The van der Waals surface area contributed by atoms with Crippen molar-refractivity contribution < 1.29 is 23.9 Å². The molecule has 10 heteroatoms. The lowest BCUT2D eigenvalue weighted by Crippen LogP contribution is -2.25. The number of methoxy groups -OCH3 is 2. The molecule has 1 aliphatic heterocycles. The summed E-state index contributed by atoms with van der Waals surface area (Å²) in [6.45, 7) is 1.33. The zero-order valence-corrected chi connectivity index (χ0v) is 16.8. The van der Waals surface area contributed by atoms with Gasteiger partial charge in [-0.15, -0.1) is 5.10 Å². The predicted molar refractivity (Wildman–Crippen MR) is 103 cm³/mol. The van der Waals surface area contributed by atoms with Gasteiger partial charge in [-0.1, -0.05) is 12.1 Å². The molecule has 0 fully saturated rings. The molecular formula is C18H16BrN3O6. The van der Waals surface area contributed by atoms with Crippen LogP contribution >= 0.6 is 15.9 Å². The number of ether oxygens (including phenoxy) is 3. The topological polar surface area (TPSA) is 104 Å². The van der Waals surface area contributed by atoms with Crippen LogP contribution in [0.2, 0.25) is 0 Å². The maximum absolute atomic E-state index is 12.1. The number of rotatable bonds is 5. The standard InChI is InChI=1S/C18H16BrN3O6/c1-10(23)21-18(11-5-4-6-12(7-11)22(24)25)28-17(20-21)13-8-14(19)16(27-3)9-15(13)26-2/h4-9,18H,1-3H3/t18-/m0/s1. The number of non-ortho nitro benzene ring substituents is 1. The van der Waals surface area contributed by atoms with Crippen LogP contribution in [0.1, 0.15) is 24.3 Å². The van der Waals surface area contributed by atoms with Gasteiger partial charge in [0, 0.05) is 30.7 Å². The lowest BCUT2D eigenvalue weighted by molar-refractivity contribution is -0.385. The summed E-state index contributed by atoms with van der Waals surface area (Å²) in [7, 11) is 3.01. The van der Waals surface area contributed by atoms with Crippen LogP contribution < -0.4 is 9.47 Å². The molecule has 146 valence electrons. The molecular weight excluding hydrogens is 434 g/mol. The van der Waals surface area contributed by atoms with Gasteiger partial charge in [-0.25, -0.2) is 0 Å². The third-order valence-corrected chi connectivity index (χ3v) is 4.66. The first-order chi connectivity index (χ1) is 13.3. The molecule has 0 aliphatic carbocycles. The number of nitrogens with zero attached hydrogens (tertiary/aromatic N) is 3. The van der Waals surface area contributed by atoms with Gasteiger partial charge in [0.2, 0.25) is 18.0 Å². The normalized spacial score (nSPS) is 15.6. The molecule has 2 aromatic rings. The van der Waals surface area contributed by atoms with Crippen LogP contribution in [-0.2, 0) is 9.53 Å².